The van der Waals surface area contributed by atoms with Gasteiger partial charge in [-0.1, -0.05) is 5.16 Å². The molecule has 2 heterocycles. The minimum atomic E-state index is -3.46. The van der Waals surface area contributed by atoms with Crippen LogP contribution in [-0.2, 0) is 10.0 Å². The molecule has 21 heavy (non-hydrogen) atoms. The van der Waals surface area contributed by atoms with Crippen LogP contribution in [0.15, 0.2) is 15.6 Å². The van der Waals surface area contributed by atoms with Crippen molar-refractivity contribution in [1.29, 1.82) is 0 Å². The van der Waals surface area contributed by atoms with Gasteiger partial charge in [-0.2, -0.15) is 4.31 Å². The van der Waals surface area contributed by atoms with Gasteiger partial charge in [-0.15, -0.1) is 11.3 Å². The average Bonchev–Trinajstić information content (AvgIpc) is 2.93. The third kappa shape index (κ3) is 3.34. The lowest BCUT2D eigenvalue weighted by atomic mass is 10.2. The summed E-state index contributed by atoms with van der Waals surface area (Å²) in [6, 6.07) is -0.217. The second kappa shape index (κ2) is 6.26. The molecule has 2 rings (SSSR count). The monoisotopic (exact) mass is 333 g/mol. The maximum absolute atomic E-state index is 12.5. The first kappa shape index (κ1) is 16.1. The molecule has 8 nitrogen and oxygen atoms in total. The molecule has 0 amide bonds. The Bertz CT molecular complexity index is 620. The van der Waals surface area contributed by atoms with Gasteiger partial charge in [-0.05, 0) is 13.8 Å². The molecule has 1 saturated heterocycles. The summed E-state index contributed by atoms with van der Waals surface area (Å²) in [5.74, 6) is 0.129. The first-order chi connectivity index (χ1) is 9.86. The molecule has 1 aromatic rings. The Morgan fingerprint density at radius 1 is 1.48 bits per heavy atom. The zero-order valence-electron chi connectivity index (χ0n) is 11.9. The van der Waals surface area contributed by atoms with E-state index in [1.807, 2.05) is 11.8 Å². The molecule has 10 heteroatoms. The number of thiazole rings is 1. The van der Waals surface area contributed by atoms with Gasteiger partial charge in [0.15, 0.2) is 10.0 Å². The van der Waals surface area contributed by atoms with Crippen LogP contribution >= 0.6 is 11.3 Å². The fourth-order valence-electron chi connectivity index (χ4n) is 2.19. The Labute approximate surface area is 127 Å². The SMILES string of the molecule is Cc1ncc(S(=O)(=O)N2CCN(C(C)C(N)=NO)CC2)s1. The molecule has 0 spiro atoms. The van der Waals surface area contributed by atoms with Crippen molar-refractivity contribution >= 4 is 27.2 Å². The van der Waals surface area contributed by atoms with Gasteiger partial charge >= 0.3 is 0 Å². The summed E-state index contributed by atoms with van der Waals surface area (Å²) < 4.78 is 26.6. The topological polar surface area (TPSA) is 112 Å². The molecule has 118 valence electrons. The number of amidine groups is 1. The van der Waals surface area contributed by atoms with E-state index in [2.05, 4.69) is 10.1 Å². The van der Waals surface area contributed by atoms with Crippen LogP contribution in [0.5, 0.6) is 0 Å². The van der Waals surface area contributed by atoms with E-state index >= 15 is 0 Å². The molecule has 3 N–H and O–H groups in total. The van der Waals surface area contributed by atoms with Crippen molar-refractivity contribution in [3.63, 3.8) is 0 Å². The first-order valence-electron chi connectivity index (χ1n) is 6.50. The molecule has 0 radical (unpaired) electrons. The van der Waals surface area contributed by atoms with Crippen molar-refractivity contribution in [2.75, 3.05) is 26.2 Å². The molecule has 0 aromatic carbocycles. The first-order valence-corrected chi connectivity index (χ1v) is 8.76. The fraction of sp³-hybridized carbons (Fsp3) is 0.636. The maximum atomic E-state index is 12.5. The van der Waals surface area contributed by atoms with Crippen LogP contribution in [-0.4, -0.2) is 65.9 Å². The standard InChI is InChI=1S/C11H19N5O3S2/c1-8(11(12)14-17)15-3-5-16(6-4-15)21(18,19)10-7-13-9(2)20-10/h7-8,17H,3-6H2,1-2H3,(H2,12,14). The number of rotatable bonds is 4. The summed E-state index contributed by atoms with van der Waals surface area (Å²) in [7, 11) is -3.46. The van der Waals surface area contributed by atoms with Crippen LogP contribution in [0.1, 0.15) is 11.9 Å². The third-order valence-electron chi connectivity index (χ3n) is 3.56. The van der Waals surface area contributed by atoms with E-state index in [0.29, 0.717) is 26.2 Å². The highest BCUT2D eigenvalue weighted by atomic mass is 32.2. The van der Waals surface area contributed by atoms with Gasteiger partial charge in [0.1, 0.15) is 0 Å². The molecular weight excluding hydrogens is 314 g/mol. The van der Waals surface area contributed by atoms with Crippen LogP contribution in [0.25, 0.3) is 0 Å². The Morgan fingerprint density at radius 2 is 2.10 bits per heavy atom. The molecule has 0 bridgehead atoms. The minimum Gasteiger partial charge on any atom is -0.409 e. The lowest BCUT2D eigenvalue weighted by molar-refractivity contribution is 0.171. The summed E-state index contributed by atoms with van der Waals surface area (Å²) >= 11 is 1.18. The minimum absolute atomic E-state index is 0.129. The lowest BCUT2D eigenvalue weighted by Crippen LogP contribution is -2.54. The number of oxime groups is 1. The smallest absolute Gasteiger partial charge is 0.254 e. The van der Waals surface area contributed by atoms with Crippen molar-refractivity contribution < 1.29 is 13.6 Å². The number of hydrogen-bond donors (Lipinski definition) is 2. The van der Waals surface area contributed by atoms with E-state index in [1.165, 1.54) is 21.8 Å². The lowest BCUT2D eigenvalue weighted by Gasteiger charge is -2.36. The van der Waals surface area contributed by atoms with Crippen molar-refractivity contribution in [2.45, 2.75) is 24.1 Å². The zero-order valence-corrected chi connectivity index (χ0v) is 13.6. The summed E-state index contributed by atoms with van der Waals surface area (Å²) in [6.45, 7) is 5.43. The van der Waals surface area contributed by atoms with Gasteiger partial charge in [-0.25, -0.2) is 13.4 Å². The maximum Gasteiger partial charge on any atom is 0.254 e. The Hall–Kier alpha value is -1.23. The summed E-state index contributed by atoms with van der Waals surface area (Å²) in [5, 5.41) is 12.4. The Morgan fingerprint density at radius 3 is 2.57 bits per heavy atom. The van der Waals surface area contributed by atoms with Gasteiger partial charge < -0.3 is 10.9 Å². The molecule has 1 atom stereocenters. The Kier molecular flexibility index (Phi) is 4.81. The van der Waals surface area contributed by atoms with Crippen molar-refractivity contribution in [1.82, 2.24) is 14.2 Å². The Balaban J connectivity index is 2.04. The van der Waals surface area contributed by atoms with Crippen molar-refractivity contribution in [2.24, 2.45) is 10.9 Å². The van der Waals surface area contributed by atoms with Gasteiger partial charge in [0.25, 0.3) is 10.0 Å². The number of nitrogens with zero attached hydrogens (tertiary/aromatic N) is 4. The van der Waals surface area contributed by atoms with Gasteiger partial charge in [0.05, 0.1) is 17.2 Å². The van der Waals surface area contributed by atoms with Crippen LogP contribution < -0.4 is 5.73 Å². The van der Waals surface area contributed by atoms with Crippen LogP contribution in [0.4, 0.5) is 0 Å². The van der Waals surface area contributed by atoms with E-state index < -0.39 is 10.0 Å². The molecule has 1 fully saturated rings. The molecule has 1 aliphatic rings. The van der Waals surface area contributed by atoms with E-state index in [1.54, 1.807) is 6.92 Å². The molecule has 1 unspecified atom stereocenters. The fourth-order valence-corrected chi connectivity index (χ4v) is 4.88. The van der Waals surface area contributed by atoms with Crippen LogP contribution in [0.3, 0.4) is 0 Å². The number of aryl methyl sites for hydroxylation is 1. The number of piperazine rings is 1. The number of nitrogens with two attached hydrogens (primary N) is 1. The van der Waals surface area contributed by atoms with E-state index in [4.69, 9.17) is 10.9 Å². The van der Waals surface area contributed by atoms with Gasteiger partial charge in [0, 0.05) is 26.2 Å². The number of hydrogen-bond acceptors (Lipinski definition) is 7. The average molecular weight is 333 g/mol. The highest BCUT2D eigenvalue weighted by Gasteiger charge is 2.31. The zero-order chi connectivity index (χ0) is 15.6. The van der Waals surface area contributed by atoms with Crippen molar-refractivity contribution in [3.8, 4) is 0 Å². The summed E-state index contributed by atoms with van der Waals surface area (Å²) in [4.78, 5) is 5.98. The highest BCUT2D eigenvalue weighted by molar-refractivity contribution is 7.91. The van der Waals surface area contributed by atoms with Gasteiger partial charge in [-0.3, -0.25) is 4.90 Å². The predicted molar refractivity (Wildman–Crippen MR) is 80.1 cm³/mol. The number of aromatic nitrogens is 1. The second-order valence-corrected chi connectivity index (χ2v) is 8.24. The van der Waals surface area contributed by atoms with Crippen LogP contribution in [0.2, 0.25) is 0 Å². The number of sulfonamides is 1. The van der Waals surface area contributed by atoms with Crippen LogP contribution in [0, 0.1) is 6.92 Å². The third-order valence-corrected chi connectivity index (χ3v) is 6.81. The molecular formula is C11H19N5O3S2. The second-order valence-electron chi connectivity index (χ2n) is 4.84. The summed E-state index contributed by atoms with van der Waals surface area (Å²) in [5.41, 5.74) is 5.58. The predicted octanol–water partition coefficient (Wildman–Crippen LogP) is -0.107. The molecule has 0 saturated carbocycles. The van der Waals surface area contributed by atoms with E-state index in [-0.39, 0.29) is 16.1 Å². The van der Waals surface area contributed by atoms with E-state index in [0.717, 1.165) is 5.01 Å². The normalized spacial score (nSPS) is 20.6. The molecule has 1 aliphatic heterocycles. The van der Waals surface area contributed by atoms with Crippen molar-refractivity contribution in [3.05, 3.63) is 11.2 Å². The molecule has 1 aromatic heterocycles. The highest BCUT2D eigenvalue weighted by Crippen LogP contribution is 2.23. The largest absolute Gasteiger partial charge is 0.409 e. The van der Waals surface area contributed by atoms with E-state index in [9.17, 15) is 8.42 Å². The quantitative estimate of drug-likeness (QED) is 0.344. The van der Waals surface area contributed by atoms with Gasteiger partial charge in [0.2, 0.25) is 0 Å². The molecule has 0 aliphatic carbocycles. The summed E-state index contributed by atoms with van der Waals surface area (Å²) in [6.07, 6.45) is 1.40.